The summed E-state index contributed by atoms with van der Waals surface area (Å²) >= 11 is 0. The van der Waals surface area contributed by atoms with Crippen LogP contribution < -0.4 is 5.56 Å². The predicted molar refractivity (Wildman–Crippen MR) is 112 cm³/mol. The number of hydrogen-bond donors (Lipinski definition) is 1. The number of amides is 1. The molecular formula is C23H25N3O2. The van der Waals surface area contributed by atoms with Gasteiger partial charge in [0.1, 0.15) is 0 Å². The average molecular weight is 375 g/mol. The molecule has 2 heterocycles. The number of pyridine rings is 1. The Kier molecular flexibility index (Phi) is 5.01. The van der Waals surface area contributed by atoms with Gasteiger partial charge < -0.3 is 9.88 Å². The largest absolute Gasteiger partial charge is 0.336 e. The predicted octanol–water partition coefficient (Wildman–Crippen LogP) is 3.10. The van der Waals surface area contributed by atoms with Crippen molar-refractivity contribution >= 4 is 16.8 Å². The van der Waals surface area contributed by atoms with E-state index in [0.717, 1.165) is 40.7 Å². The summed E-state index contributed by atoms with van der Waals surface area (Å²) in [7, 11) is 0. The number of aryl methyl sites for hydroxylation is 2. The summed E-state index contributed by atoms with van der Waals surface area (Å²) in [6, 6.07) is 15.8. The normalized spacial score (nSPS) is 15.1. The minimum Gasteiger partial charge on any atom is -0.336 e. The molecule has 144 valence electrons. The third kappa shape index (κ3) is 3.85. The van der Waals surface area contributed by atoms with Crippen molar-refractivity contribution in [2.75, 3.05) is 26.2 Å². The first-order chi connectivity index (χ1) is 13.5. The lowest BCUT2D eigenvalue weighted by atomic mass is 10.1. The van der Waals surface area contributed by atoms with Crippen LogP contribution in [0.25, 0.3) is 10.9 Å². The Morgan fingerprint density at radius 2 is 1.61 bits per heavy atom. The maximum Gasteiger partial charge on any atom is 0.253 e. The molecule has 0 bridgehead atoms. The van der Waals surface area contributed by atoms with Gasteiger partial charge in [-0.05, 0) is 49.6 Å². The lowest BCUT2D eigenvalue weighted by Crippen LogP contribution is -2.48. The number of fused-ring (bicyclic) bond motifs is 1. The van der Waals surface area contributed by atoms with Gasteiger partial charge in [-0.3, -0.25) is 14.5 Å². The average Bonchev–Trinajstić information content (AvgIpc) is 2.69. The highest BCUT2D eigenvalue weighted by Crippen LogP contribution is 2.15. The molecule has 2 aromatic carbocycles. The third-order valence-corrected chi connectivity index (χ3v) is 5.43. The highest BCUT2D eigenvalue weighted by molar-refractivity contribution is 5.94. The summed E-state index contributed by atoms with van der Waals surface area (Å²) in [4.78, 5) is 32.2. The standard InChI is InChI=1S/C23H25N3O2/c1-16-3-6-18(7-4-16)23(28)26-11-9-25(10-12-26)15-20-14-19-13-17(2)5-8-21(19)24-22(20)27/h3-8,13-14H,9-12,15H2,1-2H3,(H,24,27). The molecule has 0 atom stereocenters. The van der Waals surface area contributed by atoms with E-state index in [4.69, 9.17) is 0 Å². The second-order valence-corrected chi connectivity index (χ2v) is 7.65. The highest BCUT2D eigenvalue weighted by Gasteiger charge is 2.22. The number of H-pyrrole nitrogens is 1. The van der Waals surface area contributed by atoms with Gasteiger partial charge in [0, 0.05) is 49.4 Å². The van der Waals surface area contributed by atoms with E-state index >= 15 is 0 Å². The van der Waals surface area contributed by atoms with Gasteiger partial charge in [-0.25, -0.2) is 0 Å². The molecule has 1 amide bonds. The summed E-state index contributed by atoms with van der Waals surface area (Å²) in [6.45, 7) is 7.56. The van der Waals surface area contributed by atoms with Crippen molar-refractivity contribution in [3.63, 3.8) is 0 Å². The zero-order chi connectivity index (χ0) is 19.7. The first kappa shape index (κ1) is 18.4. The number of nitrogens with one attached hydrogen (secondary N) is 1. The van der Waals surface area contributed by atoms with Crippen molar-refractivity contribution in [2.45, 2.75) is 20.4 Å². The molecule has 28 heavy (non-hydrogen) atoms. The fraction of sp³-hybridized carbons (Fsp3) is 0.304. The van der Waals surface area contributed by atoms with E-state index in [1.165, 1.54) is 5.56 Å². The van der Waals surface area contributed by atoms with Crippen LogP contribution in [0.1, 0.15) is 27.0 Å². The summed E-state index contributed by atoms with van der Waals surface area (Å²) in [5, 5.41) is 1.06. The van der Waals surface area contributed by atoms with Crippen LogP contribution in [0.3, 0.4) is 0 Å². The fourth-order valence-electron chi connectivity index (χ4n) is 3.72. The van der Waals surface area contributed by atoms with Crippen LogP contribution in [-0.2, 0) is 6.54 Å². The lowest BCUT2D eigenvalue weighted by Gasteiger charge is -2.34. The van der Waals surface area contributed by atoms with E-state index < -0.39 is 0 Å². The Labute approximate surface area is 164 Å². The zero-order valence-corrected chi connectivity index (χ0v) is 16.4. The molecule has 1 saturated heterocycles. The molecule has 0 spiro atoms. The van der Waals surface area contributed by atoms with Crippen LogP contribution in [0.15, 0.2) is 53.3 Å². The van der Waals surface area contributed by atoms with Gasteiger partial charge in [-0.1, -0.05) is 29.3 Å². The summed E-state index contributed by atoms with van der Waals surface area (Å²) < 4.78 is 0. The molecule has 1 fully saturated rings. The highest BCUT2D eigenvalue weighted by atomic mass is 16.2. The number of benzene rings is 2. The van der Waals surface area contributed by atoms with Crippen molar-refractivity contribution in [3.8, 4) is 0 Å². The van der Waals surface area contributed by atoms with Gasteiger partial charge >= 0.3 is 0 Å². The molecule has 5 nitrogen and oxygen atoms in total. The van der Waals surface area contributed by atoms with Crippen LogP contribution in [0.2, 0.25) is 0 Å². The number of aromatic nitrogens is 1. The number of nitrogens with zero attached hydrogens (tertiary/aromatic N) is 2. The van der Waals surface area contributed by atoms with E-state index in [-0.39, 0.29) is 11.5 Å². The van der Waals surface area contributed by atoms with Crippen LogP contribution in [0.4, 0.5) is 0 Å². The molecule has 0 radical (unpaired) electrons. The van der Waals surface area contributed by atoms with Gasteiger partial charge in [-0.2, -0.15) is 0 Å². The van der Waals surface area contributed by atoms with Crippen molar-refractivity contribution in [2.24, 2.45) is 0 Å². The van der Waals surface area contributed by atoms with Crippen LogP contribution in [0, 0.1) is 13.8 Å². The van der Waals surface area contributed by atoms with Crippen molar-refractivity contribution < 1.29 is 4.79 Å². The Bertz CT molecular complexity index is 1060. The molecule has 3 aromatic rings. The molecule has 1 aliphatic rings. The second kappa shape index (κ2) is 7.60. The van der Waals surface area contributed by atoms with Gasteiger partial charge in [0.15, 0.2) is 0 Å². The first-order valence-corrected chi connectivity index (χ1v) is 9.70. The number of carbonyl (C=O) groups excluding carboxylic acids is 1. The van der Waals surface area contributed by atoms with Crippen LogP contribution >= 0.6 is 0 Å². The van der Waals surface area contributed by atoms with Gasteiger partial charge in [0.05, 0.1) is 0 Å². The molecular weight excluding hydrogens is 350 g/mol. The summed E-state index contributed by atoms with van der Waals surface area (Å²) in [5.41, 5.74) is 4.67. The van der Waals surface area contributed by atoms with Crippen molar-refractivity contribution in [1.82, 2.24) is 14.8 Å². The summed E-state index contributed by atoms with van der Waals surface area (Å²) in [6.07, 6.45) is 0. The van der Waals surface area contributed by atoms with E-state index in [1.54, 1.807) is 0 Å². The Morgan fingerprint density at radius 3 is 2.32 bits per heavy atom. The van der Waals surface area contributed by atoms with Gasteiger partial charge in [0.2, 0.25) is 0 Å². The maximum absolute atomic E-state index is 12.7. The summed E-state index contributed by atoms with van der Waals surface area (Å²) in [5.74, 6) is 0.0821. The zero-order valence-electron chi connectivity index (χ0n) is 16.4. The minimum absolute atomic E-state index is 0.0329. The smallest absolute Gasteiger partial charge is 0.253 e. The Hall–Kier alpha value is -2.92. The monoisotopic (exact) mass is 375 g/mol. The molecule has 5 heteroatoms. The molecule has 1 aliphatic heterocycles. The number of rotatable bonds is 3. The number of aromatic amines is 1. The van der Waals surface area contributed by atoms with Gasteiger partial charge in [0.25, 0.3) is 11.5 Å². The minimum atomic E-state index is -0.0329. The van der Waals surface area contributed by atoms with Crippen LogP contribution in [-0.4, -0.2) is 46.9 Å². The van der Waals surface area contributed by atoms with E-state index in [2.05, 4.69) is 22.9 Å². The SMILES string of the molecule is Cc1ccc(C(=O)N2CCN(Cc3cc4cc(C)ccc4[nH]c3=O)CC2)cc1. The molecule has 0 unspecified atom stereocenters. The molecule has 0 saturated carbocycles. The van der Waals surface area contributed by atoms with E-state index in [9.17, 15) is 9.59 Å². The van der Waals surface area contributed by atoms with E-state index in [0.29, 0.717) is 19.6 Å². The number of hydrogen-bond acceptors (Lipinski definition) is 3. The van der Waals surface area contributed by atoms with Crippen molar-refractivity contribution in [3.05, 3.63) is 81.1 Å². The molecule has 1 N–H and O–H groups in total. The van der Waals surface area contributed by atoms with Crippen molar-refractivity contribution in [1.29, 1.82) is 0 Å². The Balaban J connectivity index is 1.42. The number of carbonyl (C=O) groups is 1. The first-order valence-electron chi connectivity index (χ1n) is 9.70. The quantitative estimate of drug-likeness (QED) is 0.765. The maximum atomic E-state index is 12.7. The molecule has 4 rings (SSSR count). The lowest BCUT2D eigenvalue weighted by molar-refractivity contribution is 0.0628. The third-order valence-electron chi connectivity index (χ3n) is 5.43. The van der Waals surface area contributed by atoms with Crippen LogP contribution in [0.5, 0.6) is 0 Å². The molecule has 1 aromatic heterocycles. The number of piperazine rings is 1. The van der Waals surface area contributed by atoms with E-state index in [1.807, 2.05) is 54.3 Å². The topological polar surface area (TPSA) is 56.4 Å². The van der Waals surface area contributed by atoms with Gasteiger partial charge in [-0.15, -0.1) is 0 Å². The fourth-order valence-corrected chi connectivity index (χ4v) is 3.72. The second-order valence-electron chi connectivity index (χ2n) is 7.65. The molecule has 0 aliphatic carbocycles. The Morgan fingerprint density at radius 1 is 0.929 bits per heavy atom.